The van der Waals surface area contributed by atoms with E-state index in [2.05, 4.69) is 0 Å². The minimum Gasteiger partial charge on any atom is -0.480 e. The Labute approximate surface area is 140 Å². The fraction of sp³-hybridized carbons (Fsp3) is 0.316. The molecule has 0 unspecified atom stereocenters. The van der Waals surface area contributed by atoms with Crippen LogP contribution in [0.4, 0.5) is 4.39 Å². The lowest BCUT2D eigenvalue weighted by molar-refractivity contribution is -0.146. The second kappa shape index (κ2) is 6.71. The van der Waals surface area contributed by atoms with Crippen LogP contribution < -0.4 is 0 Å². The van der Waals surface area contributed by atoms with Gasteiger partial charge in [-0.15, -0.1) is 0 Å². The normalized spacial score (nSPS) is 18.9. The van der Waals surface area contributed by atoms with Crippen molar-refractivity contribution in [1.82, 2.24) is 4.90 Å². The highest BCUT2D eigenvalue weighted by molar-refractivity contribution is 5.75. The number of carboxylic acid groups (broad SMARTS) is 1. The van der Waals surface area contributed by atoms with Crippen LogP contribution in [0, 0.1) is 5.82 Å². The zero-order chi connectivity index (χ0) is 17.2. The van der Waals surface area contributed by atoms with E-state index >= 15 is 0 Å². The molecule has 24 heavy (non-hydrogen) atoms. The van der Waals surface area contributed by atoms with Crippen molar-refractivity contribution >= 4 is 5.97 Å². The van der Waals surface area contributed by atoms with Gasteiger partial charge in [-0.2, -0.15) is 0 Å². The van der Waals surface area contributed by atoms with Crippen molar-refractivity contribution in [3.05, 3.63) is 71.5 Å². The van der Waals surface area contributed by atoms with E-state index in [9.17, 15) is 19.4 Å². The first-order valence-electron chi connectivity index (χ1n) is 8.00. The summed E-state index contributed by atoms with van der Waals surface area (Å²) in [7, 11) is 0. The number of piperidine rings is 1. The molecule has 3 rings (SSSR count). The van der Waals surface area contributed by atoms with Gasteiger partial charge in [0, 0.05) is 18.7 Å². The lowest BCUT2D eigenvalue weighted by atomic mass is 9.83. The summed E-state index contributed by atoms with van der Waals surface area (Å²) in [5.74, 6) is -1.60. The lowest BCUT2D eigenvalue weighted by Gasteiger charge is -2.40. The van der Waals surface area contributed by atoms with Crippen molar-refractivity contribution in [2.45, 2.75) is 24.5 Å². The van der Waals surface area contributed by atoms with Gasteiger partial charge in [-0.1, -0.05) is 48.5 Å². The summed E-state index contributed by atoms with van der Waals surface area (Å²) in [5.41, 5.74) is 0.0355. The maximum absolute atomic E-state index is 14.0. The molecule has 5 heteroatoms. The van der Waals surface area contributed by atoms with Gasteiger partial charge < -0.3 is 10.2 Å². The Morgan fingerprint density at radius 3 is 2.21 bits per heavy atom. The van der Waals surface area contributed by atoms with Gasteiger partial charge in [-0.25, -0.2) is 4.39 Å². The SMILES string of the molecule is O=C(O)[C@H](c1ccccc1F)N1CCC(O)(c2ccccc2)CC1. The highest BCUT2D eigenvalue weighted by atomic mass is 19.1. The predicted molar refractivity (Wildman–Crippen MR) is 87.9 cm³/mol. The summed E-state index contributed by atoms with van der Waals surface area (Å²) < 4.78 is 14.0. The number of nitrogens with zero attached hydrogens (tertiary/aromatic N) is 1. The molecule has 0 bridgehead atoms. The highest BCUT2D eigenvalue weighted by Gasteiger charge is 2.38. The Morgan fingerprint density at radius 1 is 1.04 bits per heavy atom. The molecule has 1 saturated heterocycles. The fourth-order valence-electron chi connectivity index (χ4n) is 3.37. The minimum atomic E-state index is -1.08. The monoisotopic (exact) mass is 329 g/mol. The molecule has 0 radical (unpaired) electrons. The molecule has 2 aromatic rings. The summed E-state index contributed by atoms with van der Waals surface area (Å²) in [6.45, 7) is 0.771. The maximum Gasteiger partial charge on any atom is 0.325 e. The van der Waals surface area contributed by atoms with Gasteiger partial charge in [0.1, 0.15) is 11.9 Å². The Balaban J connectivity index is 1.80. The van der Waals surface area contributed by atoms with Crippen molar-refractivity contribution < 1.29 is 19.4 Å². The molecule has 1 aliphatic rings. The Morgan fingerprint density at radius 2 is 1.62 bits per heavy atom. The molecule has 0 spiro atoms. The molecule has 0 aliphatic carbocycles. The highest BCUT2D eigenvalue weighted by Crippen LogP contribution is 2.36. The van der Waals surface area contributed by atoms with Crippen LogP contribution in [0.5, 0.6) is 0 Å². The van der Waals surface area contributed by atoms with E-state index in [1.165, 1.54) is 12.1 Å². The van der Waals surface area contributed by atoms with Crippen LogP contribution in [-0.4, -0.2) is 34.2 Å². The van der Waals surface area contributed by atoms with Gasteiger partial charge in [-0.3, -0.25) is 9.69 Å². The van der Waals surface area contributed by atoms with Crippen LogP contribution >= 0.6 is 0 Å². The number of carbonyl (C=O) groups is 1. The van der Waals surface area contributed by atoms with Gasteiger partial charge in [-0.05, 0) is 24.5 Å². The third-order valence-corrected chi connectivity index (χ3v) is 4.74. The van der Waals surface area contributed by atoms with Crippen LogP contribution in [0.15, 0.2) is 54.6 Å². The van der Waals surface area contributed by atoms with E-state index in [0.717, 1.165) is 5.56 Å². The van der Waals surface area contributed by atoms with Crippen molar-refractivity contribution in [2.24, 2.45) is 0 Å². The van der Waals surface area contributed by atoms with Crippen LogP contribution in [0.2, 0.25) is 0 Å². The number of aliphatic hydroxyl groups is 1. The number of halogens is 1. The van der Waals surface area contributed by atoms with E-state index in [1.807, 2.05) is 30.3 Å². The quantitative estimate of drug-likeness (QED) is 0.905. The molecule has 1 atom stereocenters. The van der Waals surface area contributed by atoms with Crippen LogP contribution in [-0.2, 0) is 10.4 Å². The molecule has 4 nitrogen and oxygen atoms in total. The molecule has 126 valence electrons. The van der Waals surface area contributed by atoms with Crippen LogP contribution in [0.25, 0.3) is 0 Å². The zero-order valence-corrected chi connectivity index (χ0v) is 13.2. The summed E-state index contributed by atoms with van der Waals surface area (Å²) in [5, 5.41) is 20.4. The van der Waals surface area contributed by atoms with Gasteiger partial charge in [0.2, 0.25) is 0 Å². The molecule has 1 heterocycles. The van der Waals surface area contributed by atoms with E-state index in [0.29, 0.717) is 25.9 Å². The number of hydrogen-bond donors (Lipinski definition) is 2. The summed E-state index contributed by atoms with van der Waals surface area (Å²) in [4.78, 5) is 13.4. The number of aliphatic carboxylic acids is 1. The summed E-state index contributed by atoms with van der Waals surface area (Å²) in [6.07, 6.45) is 0.824. The standard InChI is InChI=1S/C19H20FNO3/c20-16-9-5-4-8-15(16)17(18(22)23)21-12-10-19(24,11-13-21)14-6-2-1-3-7-14/h1-9,17,24H,10-13H2,(H,22,23)/t17-/m0/s1. The molecule has 0 saturated carbocycles. The van der Waals surface area contributed by atoms with Crippen molar-refractivity contribution in [1.29, 1.82) is 0 Å². The number of carboxylic acids is 1. The van der Waals surface area contributed by atoms with E-state index in [4.69, 9.17) is 0 Å². The fourth-order valence-corrected chi connectivity index (χ4v) is 3.37. The number of rotatable bonds is 4. The van der Waals surface area contributed by atoms with Crippen LogP contribution in [0.3, 0.4) is 0 Å². The average Bonchev–Trinajstić information content (AvgIpc) is 2.59. The topological polar surface area (TPSA) is 60.8 Å². The van der Waals surface area contributed by atoms with Crippen LogP contribution in [0.1, 0.15) is 30.0 Å². The van der Waals surface area contributed by atoms with Gasteiger partial charge in [0.15, 0.2) is 0 Å². The maximum atomic E-state index is 14.0. The molecule has 1 fully saturated rings. The van der Waals surface area contributed by atoms with E-state index in [-0.39, 0.29) is 5.56 Å². The van der Waals surface area contributed by atoms with Gasteiger partial charge in [0.25, 0.3) is 0 Å². The first-order chi connectivity index (χ1) is 11.5. The Bertz CT molecular complexity index is 712. The molecule has 2 N–H and O–H groups in total. The largest absolute Gasteiger partial charge is 0.480 e. The van der Waals surface area contributed by atoms with Crippen molar-refractivity contribution in [3.63, 3.8) is 0 Å². The smallest absolute Gasteiger partial charge is 0.325 e. The van der Waals surface area contributed by atoms with Crippen molar-refractivity contribution in [2.75, 3.05) is 13.1 Å². The molecular formula is C19H20FNO3. The lowest BCUT2D eigenvalue weighted by Crippen LogP contribution is -2.46. The molecule has 1 aliphatic heterocycles. The molecule has 0 amide bonds. The van der Waals surface area contributed by atoms with Crippen molar-refractivity contribution in [3.8, 4) is 0 Å². The second-order valence-electron chi connectivity index (χ2n) is 6.20. The Kier molecular flexibility index (Phi) is 4.64. The van der Waals surface area contributed by atoms with E-state index < -0.39 is 23.4 Å². The number of likely N-dealkylation sites (tertiary alicyclic amines) is 1. The number of hydrogen-bond acceptors (Lipinski definition) is 3. The number of benzene rings is 2. The molecular weight excluding hydrogens is 309 g/mol. The first-order valence-corrected chi connectivity index (χ1v) is 8.00. The third kappa shape index (κ3) is 3.18. The minimum absolute atomic E-state index is 0.162. The second-order valence-corrected chi connectivity index (χ2v) is 6.20. The van der Waals surface area contributed by atoms with Gasteiger partial charge in [0.05, 0.1) is 5.60 Å². The molecule has 2 aromatic carbocycles. The third-order valence-electron chi connectivity index (χ3n) is 4.74. The zero-order valence-electron chi connectivity index (χ0n) is 13.2. The first kappa shape index (κ1) is 16.6. The molecule has 0 aromatic heterocycles. The predicted octanol–water partition coefficient (Wildman–Crippen LogP) is 2.94. The van der Waals surface area contributed by atoms with Gasteiger partial charge >= 0.3 is 5.97 Å². The summed E-state index contributed by atoms with van der Waals surface area (Å²) in [6, 6.07) is 14.3. The summed E-state index contributed by atoms with van der Waals surface area (Å²) >= 11 is 0. The Hall–Kier alpha value is -2.24. The average molecular weight is 329 g/mol. The van der Waals surface area contributed by atoms with E-state index in [1.54, 1.807) is 17.0 Å².